The van der Waals surface area contributed by atoms with Crippen molar-refractivity contribution in [1.29, 1.82) is 0 Å². The fraction of sp³-hybridized carbons (Fsp3) is 0.222. The molecule has 1 aliphatic heterocycles. The van der Waals surface area contributed by atoms with Gasteiger partial charge in [0.05, 0.1) is 11.4 Å². The second kappa shape index (κ2) is 6.80. The highest BCUT2D eigenvalue weighted by Crippen LogP contribution is 2.32. The van der Waals surface area contributed by atoms with Gasteiger partial charge in [-0.3, -0.25) is 9.59 Å². The molecule has 136 valence electrons. The Bertz CT molecular complexity index is 968. The van der Waals surface area contributed by atoms with Crippen LogP contribution in [0, 0.1) is 0 Å². The maximum atomic E-state index is 12.3. The van der Waals surface area contributed by atoms with Crippen LogP contribution in [0.4, 0.5) is 11.4 Å². The summed E-state index contributed by atoms with van der Waals surface area (Å²) in [6, 6.07) is 11.3. The highest BCUT2D eigenvalue weighted by atomic mass is 32.2. The smallest absolute Gasteiger partial charge is 0.265 e. The lowest BCUT2D eigenvalue weighted by molar-refractivity contribution is -0.122. The van der Waals surface area contributed by atoms with Gasteiger partial charge in [0.1, 0.15) is 5.75 Å². The number of fused-ring (bicyclic) bond motifs is 1. The summed E-state index contributed by atoms with van der Waals surface area (Å²) in [6.45, 7) is 1.65. The van der Waals surface area contributed by atoms with E-state index in [1.807, 2.05) is 0 Å². The van der Waals surface area contributed by atoms with Gasteiger partial charge in [0.2, 0.25) is 0 Å². The van der Waals surface area contributed by atoms with Gasteiger partial charge in [-0.1, -0.05) is 12.1 Å². The van der Waals surface area contributed by atoms with Crippen molar-refractivity contribution in [3.05, 3.63) is 53.6 Å². The lowest BCUT2D eigenvalue weighted by atomic mass is 10.1. The zero-order valence-corrected chi connectivity index (χ0v) is 15.1. The molecule has 26 heavy (non-hydrogen) atoms. The molecule has 0 saturated carbocycles. The molecular weight excluding hydrogens is 356 g/mol. The monoisotopic (exact) mass is 374 g/mol. The normalized spacial score (nSPS) is 16.2. The quantitative estimate of drug-likeness (QED) is 0.854. The second-order valence-corrected chi connectivity index (χ2v) is 8.32. The number of benzene rings is 2. The molecule has 7 nitrogen and oxygen atoms in total. The Morgan fingerprint density at radius 1 is 1.19 bits per heavy atom. The van der Waals surface area contributed by atoms with Crippen molar-refractivity contribution >= 4 is 33.0 Å². The third kappa shape index (κ3) is 4.20. The maximum absolute atomic E-state index is 12.3. The zero-order chi connectivity index (χ0) is 18.9. The molecule has 0 aliphatic carbocycles. The van der Waals surface area contributed by atoms with Crippen LogP contribution < -0.4 is 15.4 Å². The molecule has 2 aromatic carbocycles. The number of carbonyl (C=O) groups is 2. The fourth-order valence-corrected chi connectivity index (χ4v) is 3.34. The molecule has 0 saturated heterocycles. The van der Waals surface area contributed by atoms with Crippen LogP contribution in [0.25, 0.3) is 0 Å². The summed E-state index contributed by atoms with van der Waals surface area (Å²) in [7, 11) is -3.12. The van der Waals surface area contributed by atoms with E-state index in [2.05, 4.69) is 10.6 Å². The molecule has 2 amide bonds. The minimum atomic E-state index is -3.12. The Morgan fingerprint density at radius 2 is 1.88 bits per heavy atom. The summed E-state index contributed by atoms with van der Waals surface area (Å²) in [5.41, 5.74) is 2.02. The summed E-state index contributed by atoms with van der Waals surface area (Å²) < 4.78 is 28.1. The lowest BCUT2D eigenvalue weighted by Gasteiger charge is -2.23. The van der Waals surface area contributed by atoms with Crippen molar-refractivity contribution in [2.24, 2.45) is 0 Å². The van der Waals surface area contributed by atoms with Crippen molar-refractivity contribution in [1.82, 2.24) is 0 Å². The number of sulfone groups is 1. The fourth-order valence-electron chi connectivity index (χ4n) is 2.54. The maximum Gasteiger partial charge on any atom is 0.265 e. The molecule has 8 heteroatoms. The Kier molecular flexibility index (Phi) is 4.69. The topological polar surface area (TPSA) is 102 Å². The van der Waals surface area contributed by atoms with Crippen LogP contribution in [0.2, 0.25) is 0 Å². The first kappa shape index (κ1) is 17.9. The van der Waals surface area contributed by atoms with E-state index in [9.17, 15) is 18.0 Å². The molecule has 1 heterocycles. The van der Waals surface area contributed by atoms with E-state index in [1.54, 1.807) is 49.4 Å². The van der Waals surface area contributed by atoms with Crippen LogP contribution in [0.3, 0.4) is 0 Å². The van der Waals surface area contributed by atoms with Crippen LogP contribution in [-0.2, 0) is 20.4 Å². The second-order valence-electron chi connectivity index (χ2n) is 6.18. The summed E-state index contributed by atoms with van der Waals surface area (Å²) in [6.07, 6.45) is 0.598. The van der Waals surface area contributed by atoms with Crippen LogP contribution in [0.15, 0.2) is 42.5 Å². The van der Waals surface area contributed by atoms with E-state index >= 15 is 0 Å². The van der Waals surface area contributed by atoms with E-state index in [1.165, 1.54) is 0 Å². The van der Waals surface area contributed by atoms with E-state index < -0.39 is 15.9 Å². The Balaban J connectivity index is 1.72. The number of rotatable bonds is 4. The summed E-state index contributed by atoms with van der Waals surface area (Å²) in [5.74, 6) is -0.118. The highest BCUT2D eigenvalue weighted by molar-refractivity contribution is 7.89. The van der Waals surface area contributed by atoms with Crippen LogP contribution in [0.1, 0.15) is 22.8 Å². The molecule has 2 N–H and O–H groups in total. The van der Waals surface area contributed by atoms with Gasteiger partial charge in [-0.05, 0) is 42.8 Å². The number of anilines is 2. The first-order valence-corrected chi connectivity index (χ1v) is 9.97. The minimum Gasteiger partial charge on any atom is -0.479 e. The summed E-state index contributed by atoms with van der Waals surface area (Å²) in [4.78, 5) is 24.0. The molecule has 0 fully saturated rings. The predicted octanol–water partition coefficient (Wildman–Crippen LogP) is 2.20. The number of nitrogens with one attached hydrogen (secondary N) is 2. The third-order valence-corrected chi connectivity index (χ3v) is 4.67. The minimum absolute atomic E-state index is 0.0716. The van der Waals surface area contributed by atoms with Gasteiger partial charge in [-0.15, -0.1) is 0 Å². The Hall–Kier alpha value is -2.87. The molecular formula is C18H18N2O5S. The molecule has 2 aromatic rings. The molecule has 0 radical (unpaired) electrons. The lowest BCUT2D eigenvalue weighted by Crippen LogP contribution is -2.34. The van der Waals surface area contributed by atoms with Gasteiger partial charge in [-0.2, -0.15) is 0 Å². The zero-order valence-electron chi connectivity index (χ0n) is 14.3. The van der Waals surface area contributed by atoms with Crippen LogP contribution >= 0.6 is 0 Å². The van der Waals surface area contributed by atoms with Crippen molar-refractivity contribution in [2.75, 3.05) is 16.9 Å². The number of amides is 2. The molecule has 0 bridgehead atoms. The molecule has 1 atom stereocenters. The van der Waals surface area contributed by atoms with E-state index in [-0.39, 0.29) is 17.6 Å². The van der Waals surface area contributed by atoms with Crippen LogP contribution in [-0.4, -0.2) is 32.6 Å². The number of hydrogen-bond acceptors (Lipinski definition) is 5. The highest BCUT2D eigenvalue weighted by Gasteiger charge is 2.23. The Labute approximate surface area is 151 Å². The first-order valence-electron chi connectivity index (χ1n) is 7.91. The van der Waals surface area contributed by atoms with Gasteiger partial charge in [0.25, 0.3) is 11.8 Å². The average Bonchev–Trinajstić information content (AvgIpc) is 2.55. The molecule has 0 spiro atoms. The van der Waals surface area contributed by atoms with Gasteiger partial charge in [0, 0.05) is 17.5 Å². The molecule has 0 aromatic heterocycles. The van der Waals surface area contributed by atoms with Crippen molar-refractivity contribution in [2.45, 2.75) is 18.8 Å². The van der Waals surface area contributed by atoms with Gasteiger partial charge in [0.15, 0.2) is 15.9 Å². The average molecular weight is 374 g/mol. The van der Waals surface area contributed by atoms with Crippen molar-refractivity contribution in [3.63, 3.8) is 0 Å². The van der Waals surface area contributed by atoms with Crippen LogP contribution in [0.5, 0.6) is 5.75 Å². The summed E-state index contributed by atoms with van der Waals surface area (Å²) >= 11 is 0. The van der Waals surface area contributed by atoms with Gasteiger partial charge in [-0.25, -0.2) is 8.42 Å². The molecule has 1 aliphatic rings. The molecule has 3 rings (SSSR count). The van der Waals surface area contributed by atoms with Gasteiger partial charge >= 0.3 is 0 Å². The first-order chi connectivity index (χ1) is 12.2. The molecule has 1 unspecified atom stereocenters. The van der Waals surface area contributed by atoms with E-state index in [0.717, 1.165) is 6.26 Å². The predicted molar refractivity (Wildman–Crippen MR) is 98.1 cm³/mol. The van der Waals surface area contributed by atoms with Gasteiger partial charge < -0.3 is 15.4 Å². The summed E-state index contributed by atoms with van der Waals surface area (Å²) in [5, 5.41) is 5.46. The van der Waals surface area contributed by atoms with E-state index in [4.69, 9.17) is 4.74 Å². The number of hydrogen-bond donors (Lipinski definition) is 2. The van der Waals surface area contributed by atoms with Crippen molar-refractivity contribution in [3.8, 4) is 5.75 Å². The third-order valence-electron chi connectivity index (χ3n) is 3.81. The number of carbonyl (C=O) groups excluding carboxylic acids is 2. The van der Waals surface area contributed by atoms with Crippen molar-refractivity contribution < 1.29 is 22.7 Å². The van der Waals surface area contributed by atoms with E-state index in [0.29, 0.717) is 28.3 Å². The number of ether oxygens (including phenoxy) is 1. The largest absolute Gasteiger partial charge is 0.479 e. The standard InChI is InChI=1S/C18H18N2O5S/c1-11-17(21)20-15-9-14(7-8-16(15)25-11)19-18(22)13-5-3-12(4-6-13)10-26(2,23)24/h3-9,11H,10H2,1-2H3,(H,19,22)(H,20,21). The Morgan fingerprint density at radius 3 is 2.54 bits per heavy atom. The SMILES string of the molecule is CC1Oc2ccc(NC(=O)c3ccc(CS(C)(=O)=O)cc3)cc2NC1=O.